The van der Waals surface area contributed by atoms with Gasteiger partial charge in [-0.05, 0) is 64.8 Å². The third kappa shape index (κ3) is 24.2. The lowest BCUT2D eigenvalue weighted by molar-refractivity contribution is -0.156. The van der Waals surface area contributed by atoms with Crippen molar-refractivity contribution in [2.24, 2.45) is 10.8 Å². The standard InChI is InChI=1S/C26H37N4O10PS.C24H35N4O9PS.C4H6O3.CH3F/c1-17(32)28-20-10-11-30(24(35)29-20)22-26(4,36)21(33)19(40-22)15-39-41(37,27-14-18-8-6-5-7-9-18)38-12-13-42-23(34)25(2,3)16-31;1-23(2,15-29)21(31)39-12-11-35-38(34,26-13-16-7-5-4-6-8-16)36-14-17-19(30)24(3,33)20(37-17)28-10-9-18(25)27-22(28)32;1-3(5)7-4(2)6;1-2/h5-11,19,21-22,31,33,36H,12-16H2,1-4H3,(H,27,37)(H,28,29,32,35);4-10,17,19-20,29-30,33H,11-15H2,1-3H3,(H,26,34)(H2,25,27,32);1-2H3;1H3/t19-,21?,22-,26+,41?;17-,19?,20-,24+,38?;;/m11../s1/i;;;1D. The first kappa shape index (κ1) is 76.9. The molecule has 2 aliphatic heterocycles. The topological polar surface area (TPSA) is 437 Å². The molecule has 502 valence electrons. The van der Waals surface area contributed by atoms with Crippen molar-refractivity contribution < 1.29 is 102 Å². The van der Waals surface area contributed by atoms with Crippen molar-refractivity contribution in [3.05, 3.63) is 117 Å². The van der Waals surface area contributed by atoms with Crippen molar-refractivity contribution in [3.63, 3.8) is 0 Å². The lowest BCUT2D eigenvalue weighted by Crippen LogP contribution is -2.46. The zero-order valence-corrected chi connectivity index (χ0v) is 54.4. The molecule has 35 heteroatoms. The van der Waals surface area contributed by atoms with Gasteiger partial charge in [-0.1, -0.05) is 84.2 Å². The number of nitrogens with two attached hydrogens (primary N) is 1. The highest BCUT2D eigenvalue weighted by Crippen LogP contribution is 2.48. The number of benzene rings is 2. The van der Waals surface area contributed by atoms with E-state index in [-0.39, 0.29) is 72.9 Å². The second-order valence-corrected chi connectivity index (χ2v) is 27.2. The number of amides is 1. The van der Waals surface area contributed by atoms with Crippen LogP contribution >= 0.6 is 39.0 Å². The molecule has 6 rings (SSSR count). The summed E-state index contributed by atoms with van der Waals surface area (Å²) in [6.07, 6.45) is -5.69. The van der Waals surface area contributed by atoms with Crippen molar-refractivity contribution >= 4 is 78.7 Å². The van der Waals surface area contributed by atoms with E-state index >= 15 is 0 Å². The number of carbonyl (C=O) groups is 5. The number of rotatable bonds is 27. The van der Waals surface area contributed by atoms with E-state index in [1.165, 1.54) is 59.1 Å². The number of hydrogen-bond donors (Lipinski definition) is 10. The minimum absolute atomic E-state index is 0.00388. The highest BCUT2D eigenvalue weighted by Gasteiger charge is 2.55. The SMILES string of the molecule is CC(=O)Nc1ccn([C@@H]2O[C@H](COP(=O)(NCc3ccccc3)OCCSC(=O)C(C)(C)CO)C(O)[C@]2(C)O)c(=O)n1.CC(=O)OC(C)=O.CC(C)(CO)C(=O)SCCOP(=O)(NCc1ccccc1)OC[C@H]1O[C@@H](n2ccc(N)nc2=O)[C@@](C)(O)C1O.[2H]CF. The number of nitrogen functional groups attached to an aromatic ring is 1. The number of alkyl halides is 1. The summed E-state index contributed by atoms with van der Waals surface area (Å²) in [6, 6.07) is 20.8. The summed E-state index contributed by atoms with van der Waals surface area (Å²) in [5, 5.41) is 69.6. The van der Waals surface area contributed by atoms with E-state index in [2.05, 4.69) is 30.2 Å². The Bertz CT molecular complexity index is 3220. The van der Waals surface area contributed by atoms with Gasteiger partial charge in [0, 0.05) is 57.8 Å². The summed E-state index contributed by atoms with van der Waals surface area (Å²) in [5.41, 5.74) is -0.296. The zero-order chi connectivity index (χ0) is 68.5. The molecule has 11 N–H and O–H groups in total. The highest BCUT2D eigenvalue weighted by atomic mass is 32.2. The number of hydrogen-bond acceptors (Lipinski definition) is 27. The smallest absolute Gasteiger partial charge is 0.395 e. The Balaban J connectivity index is 0.000000414. The molecule has 10 atom stereocenters. The Hall–Kier alpha value is -5.52. The summed E-state index contributed by atoms with van der Waals surface area (Å²) >= 11 is 1.86. The van der Waals surface area contributed by atoms with Gasteiger partial charge in [0.05, 0.1) is 59.0 Å². The molecule has 1 amide bonds. The van der Waals surface area contributed by atoms with Crippen molar-refractivity contribution in [2.45, 2.75) is 123 Å². The summed E-state index contributed by atoms with van der Waals surface area (Å²) < 4.78 is 82.5. The highest BCUT2D eigenvalue weighted by molar-refractivity contribution is 8.14. The normalized spacial score (nSPS) is 22.7. The molecule has 0 bridgehead atoms. The molecule has 2 saturated heterocycles. The largest absolute Gasteiger partial charge is 0.405 e. The van der Waals surface area contributed by atoms with E-state index in [1.807, 2.05) is 36.4 Å². The van der Waals surface area contributed by atoms with Crippen LogP contribution in [0.5, 0.6) is 0 Å². The zero-order valence-electron chi connectivity index (χ0n) is 52.0. The van der Waals surface area contributed by atoms with E-state index in [9.17, 15) is 77.7 Å². The van der Waals surface area contributed by atoms with Crippen LogP contribution in [0.15, 0.2) is 94.8 Å². The number of aliphatic hydroxyl groups excluding tert-OH is 4. The number of esters is 2. The molecule has 0 aliphatic carbocycles. The first-order valence-corrected chi connectivity index (χ1v) is 32.4. The molecular formula is C55H81FN8O22P2S2. The van der Waals surface area contributed by atoms with Crippen LogP contribution in [-0.4, -0.2) is 172 Å². The fraction of sp³-hybridized carbons (Fsp3) is 0.545. The predicted molar refractivity (Wildman–Crippen MR) is 329 cm³/mol. The van der Waals surface area contributed by atoms with Crippen LogP contribution in [0.1, 0.15) is 87.3 Å². The number of thioether (sulfide) groups is 2. The third-order valence-electron chi connectivity index (χ3n) is 12.8. The minimum atomic E-state index is -4.05. The summed E-state index contributed by atoms with van der Waals surface area (Å²) in [4.78, 5) is 87.7. The lowest BCUT2D eigenvalue weighted by Gasteiger charge is -2.27. The molecule has 30 nitrogen and oxygen atoms in total. The molecule has 2 aromatic heterocycles. The van der Waals surface area contributed by atoms with Gasteiger partial charge in [-0.2, -0.15) is 9.97 Å². The van der Waals surface area contributed by atoms with Gasteiger partial charge in [-0.3, -0.25) is 55.6 Å². The number of nitrogens with one attached hydrogen (secondary N) is 3. The number of carbonyl (C=O) groups excluding carboxylic acids is 5. The Kier molecular flexibility index (Phi) is 30.8. The van der Waals surface area contributed by atoms with Gasteiger partial charge in [-0.15, -0.1) is 0 Å². The monoisotopic (exact) mass is 1350 g/mol. The number of halogens is 1. The van der Waals surface area contributed by atoms with Crippen LogP contribution in [0.4, 0.5) is 16.0 Å². The third-order valence-corrected chi connectivity index (χ3v) is 18.3. The van der Waals surface area contributed by atoms with E-state index in [1.54, 1.807) is 52.0 Å². The molecule has 4 heterocycles. The number of nitrogens with zero attached hydrogens (tertiary/aromatic N) is 4. The molecule has 0 spiro atoms. The van der Waals surface area contributed by atoms with Gasteiger partial charge >= 0.3 is 38.8 Å². The fourth-order valence-electron chi connectivity index (χ4n) is 7.68. The van der Waals surface area contributed by atoms with E-state index in [4.69, 9.17) is 34.7 Å². The molecule has 2 aliphatic rings. The maximum absolute atomic E-state index is 13.7. The Morgan fingerprint density at radius 1 is 0.689 bits per heavy atom. The van der Waals surface area contributed by atoms with Gasteiger partial charge < -0.3 is 55.9 Å². The minimum Gasteiger partial charge on any atom is -0.395 e. The first-order chi connectivity index (χ1) is 42.5. The summed E-state index contributed by atoms with van der Waals surface area (Å²) in [7, 11) is -9.07. The summed E-state index contributed by atoms with van der Waals surface area (Å²) in [5.74, 6) is -1.29. The van der Waals surface area contributed by atoms with E-state index in [0.29, 0.717) is 0 Å². The van der Waals surface area contributed by atoms with Crippen LogP contribution in [0, 0.1) is 10.8 Å². The Morgan fingerprint density at radius 3 is 1.40 bits per heavy atom. The lowest BCUT2D eigenvalue weighted by atomic mass is 9.96. The van der Waals surface area contributed by atoms with Gasteiger partial charge in [0.1, 0.15) is 47.3 Å². The average Bonchev–Trinajstić information content (AvgIpc) is 1.65. The molecular weight excluding hydrogens is 1270 g/mol. The van der Waals surface area contributed by atoms with Gasteiger partial charge in [-0.25, -0.2) is 28.9 Å². The molecule has 90 heavy (non-hydrogen) atoms. The Labute approximate surface area is 528 Å². The van der Waals surface area contributed by atoms with Crippen molar-refractivity contribution in [2.75, 3.05) is 69.4 Å². The number of ether oxygens (including phenoxy) is 3. The average molecular weight is 1350 g/mol. The molecule has 4 aromatic rings. The fourth-order valence-corrected chi connectivity index (χ4v) is 12.2. The van der Waals surface area contributed by atoms with Crippen LogP contribution < -0.4 is 32.6 Å². The molecule has 0 saturated carbocycles. The van der Waals surface area contributed by atoms with Crippen LogP contribution in [0.25, 0.3) is 0 Å². The van der Waals surface area contributed by atoms with E-state index in [0.717, 1.165) is 43.8 Å². The van der Waals surface area contributed by atoms with Crippen molar-refractivity contribution in [3.8, 4) is 0 Å². The number of aromatic nitrogens is 4. The molecule has 2 fully saturated rings. The molecule has 4 unspecified atom stereocenters. The van der Waals surface area contributed by atoms with Gasteiger partial charge in [0.2, 0.25) is 5.91 Å². The van der Waals surface area contributed by atoms with Crippen LogP contribution in [-0.2, 0) is 78.5 Å². The van der Waals surface area contributed by atoms with Crippen LogP contribution in [0.3, 0.4) is 0 Å². The second-order valence-electron chi connectivity index (χ2n) is 21.5. The maximum Gasteiger partial charge on any atom is 0.405 e. The van der Waals surface area contributed by atoms with Crippen molar-refractivity contribution in [1.82, 2.24) is 29.3 Å². The number of aliphatic hydroxyl groups is 6. The molecule has 2 aromatic carbocycles. The molecule has 0 radical (unpaired) electrons. The second kappa shape index (κ2) is 36.1. The van der Waals surface area contributed by atoms with Gasteiger partial charge in [0.25, 0.3) is 0 Å². The van der Waals surface area contributed by atoms with E-state index < -0.39 is 124 Å². The Morgan fingerprint density at radius 2 is 1.07 bits per heavy atom. The number of anilines is 2. The maximum atomic E-state index is 13.7. The van der Waals surface area contributed by atoms with Crippen LogP contribution in [0.2, 0.25) is 0 Å². The van der Waals surface area contributed by atoms with Crippen molar-refractivity contribution in [1.29, 1.82) is 0 Å². The predicted octanol–water partition coefficient (Wildman–Crippen LogP) is 3.15. The quantitative estimate of drug-likeness (QED) is 0.0177. The first-order valence-electron chi connectivity index (χ1n) is 28.0. The summed E-state index contributed by atoms with van der Waals surface area (Å²) in [6.45, 7) is 11.0. The van der Waals surface area contributed by atoms with Gasteiger partial charge in [0.15, 0.2) is 22.7 Å².